The molecule has 31 heavy (non-hydrogen) atoms. The van der Waals surface area contributed by atoms with Crippen molar-refractivity contribution in [2.24, 2.45) is 5.92 Å². The van der Waals surface area contributed by atoms with E-state index in [2.05, 4.69) is 16.0 Å². The van der Waals surface area contributed by atoms with E-state index in [1.54, 1.807) is 26.0 Å². The number of phenols is 1. The number of carboxylic acids is 1. The van der Waals surface area contributed by atoms with Crippen molar-refractivity contribution in [2.75, 3.05) is 6.61 Å². The fourth-order valence-corrected chi connectivity index (χ4v) is 2.71. The van der Waals surface area contributed by atoms with Crippen LogP contribution in [0.25, 0.3) is 0 Å². The van der Waals surface area contributed by atoms with Crippen LogP contribution in [0.5, 0.6) is 5.75 Å². The molecule has 0 saturated heterocycles. The first-order valence-corrected chi connectivity index (χ1v) is 10.1. The molecule has 3 amide bonds. The van der Waals surface area contributed by atoms with E-state index in [9.17, 15) is 24.3 Å². The molecule has 0 aliphatic rings. The number of ether oxygens (including phenoxy) is 1. The number of benzene rings is 1. The second kappa shape index (κ2) is 12.4. The van der Waals surface area contributed by atoms with Gasteiger partial charge in [-0.1, -0.05) is 32.4 Å². The highest BCUT2D eigenvalue weighted by Gasteiger charge is 2.31. The summed E-state index contributed by atoms with van der Waals surface area (Å²) in [6, 6.07) is 2.95. The molecule has 5 N–H and O–H groups in total. The average Bonchev–Trinajstić information content (AvgIpc) is 2.72. The molecular formula is C21H31N3O7. The Labute approximate surface area is 181 Å². The summed E-state index contributed by atoms with van der Waals surface area (Å²) in [6.07, 6.45) is -0.149. The molecule has 0 fully saturated rings. The number of carbonyl (C=O) groups excluding carboxylic acids is 3. The molecule has 172 valence electrons. The second-order valence-corrected chi connectivity index (χ2v) is 7.23. The van der Waals surface area contributed by atoms with Gasteiger partial charge in [-0.2, -0.15) is 0 Å². The van der Waals surface area contributed by atoms with Gasteiger partial charge in [0.2, 0.25) is 11.8 Å². The van der Waals surface area contributed by atoms with Gasteiger partial charge >= 0.3 is 12.1 Å². The topological polar surface area (TPSA) is 154 Å². The Morgan fingerprint density at radius 2 is 1.58 bits per heavy atom. The van der Waals surface area contributed by atoms with Gasteiger partial charge in [-0.05, 0) is 37.5 Å². The first kappa shape index (κ1) is 25.7. The quantitative estimate of drug-likeness (QED) is 0.348. The average molecular weight is 437 g/mol. The number of hydrogen-bond acceptors (Lipinski definition) is 6. The van der Waals surface area contributed by atoms with Crippen LogP contribution >= 0.6 is 0 Å². The highest BCUT2D eigenvalue weighted by Crippen LogP contribution is 2.13. The molecular weight excluding hydrogens is 406 g/mol. The van der Waals surface area contributed by atoms with E-state index in [0.29, 0.717) is 12.0 Å². The van der Waals surface area contributed by atoms with Crippen LogP contribution in [-0.4, -0.2) is 58.8 Å². The summed E-state index contributed by atoms with van der Waals surface area (Å²) in [6.45, 7) is 6.66. The number of aromatic hydroxyl groups is 1. The van der Waals surface area contributed by atoms with Gasteiger partial charge in [0.15, 0.2) is 0 Å². The number of carbonyl (C=O) groups is 4. The Hall–Kier alpha value is -3.30. The Kier molecular flexibility index (Phi) is 10.3. The first-order valence-electron chi connectivity index (χ1n) is 10.1. The van der Waals surface area contributed by atoms with Gasteiger partial charge in [0.05, 0.1) is 6.61 Å². The van der Waals surface area contributed by atoms with Crippen molar-refractivity contribution in [3.05, 3.63) is 29.8 Å². The Morgan fingerprint density at radius 1 is 0.968 bits per heavy atom. The predicted octanol–water partition coefficient (Wildman–Crippen LogP) is 1.17. The van der Waals surface area contributed by atoms with Crippen LogP contribution in [0.3, 0.4) is 0 Å². The highest BCUT2D eigenvalue weighted by molar-refractivity contribution is 5.93. The van der Waals surface area contributed by atoms with Crippen molar-refractivity contribution in [3.8, 4) is 5.75 Å². The van der Waals surface area contributed by atoms with E-state index in [4.69, 9.17) is 9.84 Å². The van der Waals surface area contributed by atoms with Crippen molar-refractivity contribution in [1.29, 1.82) is 0 Å². The van der Waals surface area contributed by atoms with E-state index in [0.717, 1.165) is 0 Å². The number of aliphatic carboxylic acids is 1. The summed E-state index contributed by atoms with van der Waals surface area (Å²) in [5.74, 6) is -2.68. The largest absolute Gasteiger partial charge is 0.508 e. The van der Waals surface area contributed by atoms with Crippen molar-refractivity contribution in [3.63, 3.8) is 0 Å². The molecule has 0 aliphatic heterocycles. The Bertz CT molecular complexity index is 767. The molecule has 0 heterocycles. The number of phenolic OH excluding ortho intramolecular Hbond substituents is 1. The van der Waals surface area contributed by atoms with E-state index >= 15 is 0 Å². The van der Waals surface area contributed by atoms with Crippen molar-refractivity contribution < 1.29 is 34.1 Å². The number of rotatable bonds is 11. The maximum atomic E-state index is 13.0. The lowest BCUT2D eigenvalue weighted by molar-refractivity contribution is -0.142. The lowest BCUT2D eigenvalue weighted by Crippen LogP contribution is -2.57. The normalized spacial score (nSPS) is 14.5. The smallest absolute Gasteiger partial charge is 0.407 e. The monoisotopic (exact) mass is 437 g/mol. The third kappa shape index (κ3) is 8.53. The number of carboxylic acid groups (broad SMARTS) is 1. The molecule has 0 radical (unpaired) electrons. The van der Waals surface area contributed by atoms with Crippen LogP contribution in [0.2, 0.25) is 0 Å². The minimum atomic E-state index is -1.20. The molecule has 0 saturated carbocycles. The number of alkyl carbamates (subject to hydrolysis) is 1. The van der Waals surface area contributed by atoms with E-state index in [1.807, 2.05) is 6.92 Å². The van der Waals surface area contributed by atoms with Crippen LogP contribution in [0.4, 0.5) is 4.79 Å². The van der Waals surface area contributed by atoms with Gasteiger partial charge < -0.3 is 30.9 Å². The van der Waals surface area contributed by atoms with Crippen LogP contribution in [0.1, 0.15) is 39.7 Å². The molecule has 0 bridgehead atoms. The summed E-state index contributed by atoms with van der Waals surface area (Å²) in [5.41, 5.74) is 0.666. The summed E-state index contributed by atoms with van der Waals surface area (Å²) in [7, 11) is 0. The lowest BCUT2D eigenvalue weighted by Gasteiger charge is -2.27. The van der Waals surface area contributed by atoms with E-state index < -0.39 is 42.0 Å². The third-order valence-electron chi connectivity index (χ3n) is 4.78. The van der Waals surface area contributed by atoms with Crippen LogP contribution in [0, 0.1) is 5.92 Å². The summed E-state index contributed by atoms with van der Waals surface area (Å²) in [4.78, 5) is 48.6. The predicted molar refractivity (Wildman–Crippen MR) is 112 cm³/mol. The van der Waals surface area contributed by atoms with Crippen LogP contribution < -0.4 is 16.0 Å². The summed E-state index contributed by atoms with van der Waals surface area (Å²) in [5, 5.41) is 25.9. The molecule has 1 aromatic rings. The molecule has 1 aromatic carbocycles. The van der Waals surface area contributed by atoms with Crippen molar-refractivity contribution in [2.45, 2.75) is 58.7 Å². The van der Waals surface area contributed by atoms with Gasteiger partial charge in [0.1, 0.15) is 23.9 Å². The van der Waals surface area contributed by atoms with Gasteiger partial charge in [-0.15, -0.1) is 0 Å². The standard InChI is InChI=1S/C21H31N3O7/c1-5-12(3)17(19(27)22-13(4)20(28)29)24-18(26)16(23-21(30)31-6-2)11-14-7-9-15(25)10-8-14/h7-10,12-13,16-17,25H,5-6,11H2,1-4H3,(H,22,27)(H,23,30)(H,24,26)(H,28,29)/t12?,13-,16-,17-/m0/s1. The van der Waals surface area contributed by atoms with Crippen molar-refractivity contribution >= 4 is 23.9 Å². The third-order valence-corrected chi connectivity index (χ3v) is 4.78. The number of hydrogen-bond donors (Lipinski definition) is 5. The SMILES string of the molecule is CCOC(=O)N[C@@H](Cc1ccc(O)cc1)C(=O)N[C@H](C(=O)N[C@@H](C)C(=O)O)C(C)CC. The zero-order valence-electron chi connectivity index (χ0n) is 18.2. The molecule has 10 nitrogen and oxygen atoms in total. The summed E-state index contributed by atoms with van der Waals surface area (Å²) >= 11 is 0. The molecule has 4 atom stereocenters. The lowest BCUT2D eigenvalue weighted by atomic mass is 9.97. The summed E-state index contributed by atoms with van der Waals surface area (Å²) < 4.78 is 4.86. The number of amides is 3. The fourth-order valence-electron chi connectivity index (χ4n) is 2.71. The van der Waals surface area contributed by atoms with Gasteiger partial charge in [0.25, 0.3) is 0 Å². The van der Waals surface area contributed by atoms with E-state index in [1.165, 1.54) is 19.1 Å². The van der Waals surface area contributed by atoms with Gasteiger partial charge in [-0.3, -0.25) is 14.4 Å². The zero-order valence-corrected chi connectivity index (χ0v) is 18.2. The molecule has 0 aromatic heterocycles. The highest BCUT2D eigenvalue weighted by atomic mass is 16.5. The Balaban J connectivity index is 3.03. The Morgan fingerprint density at radius 3 is 2.10 bits per heavy atom. The van der Waals surface area contributed by atoms with Gasteiger partial charge in [-0.25, -0.2) is 4.79 Å². The zero-order chi connectivity index (χ0) is 23.6. The fraction of sp³-hybridized carbons (Fsp3) is 0.524. The van der Waals surface area contributed by atoms with Gasteiger partial charge in [0, 0.05) is 6.42 Å². The molecule has 10 heteroatoms. The first-order chi connectivity index (χ1) is 14.6. The van der Waals surface area contributed by atoms with Crippen LogP contribution in [0.15, 0.2) is 24.3 Å². The van der Waals surface area contributed by atoms with Crippen LogP contribution in [-0.2, 0) is 25.5 Å². The molecule has 1 unspecified atom stereocenters. The maximum absolute atomic E-state index is 13.0. The number of nitrogens with one attached hydrogen (secondary N) is 3. The minimum Gasteiger partial charge on any atom is -0.508 e. The minimum absolute atomic E-state index is 0.0594. The molecule has 1 rings (SSSR count). The second-order valence-electron chi connectivity index (χ2n) is 7.23. The maximum Gasteiger partial charge on any atom is 0.407 e. The molecule has 0 aliphatic carbocycles. The molecule has 0 spiro atoms. The van der Waals surface area contributed by atoms with Crippen molar-refractivity contribution in [1.82, 2.24) is 16.0 Å². The van der Waals surface area contributed by atoms with E-state index in [-0.39, 0.29) is 24.7 Å².